The average Bonchev–Trinajstić information content (AvgIpc) is 2.27. The van der Waals surface area contributed by atoms with Crippen molar-refractivity contribution in [1.82, 2.24) is 4.90 Å². The van der Waals surface area contributed by atoms with Gasteiger partial charge in [0.25, 0.3) is 0 Å². The topological polar surface area (TPSA) is 38.5 Å². The molecular weight excluding hydrogens is 299 g/mol. The van der Waals surface area contributed by atoms with Gasteiger partial charge in [-0.2, -0.15) is 0 Å². The molecule has 3 nitrogen and oxygen atoms in total. The maximum absolute atomic E-state index is 13.3. The van der Waals surface area contributed by atoms with Crippen LogP contribution in [0.1, 0.15) is 5.56 Å². The molecule has 1 saturated heterocycles. The van der Waals surface area contributed by atoms with Crippen molar-refractivity contribution in [3.8, 4) is 0 Å². The Hall–Kier alpha value is -0.490. The molecule has 0 spiro atoms. The maximum atomic E-state index is 13.3. The van der Waals surface area contributed by atoms with Gasteiger partial charge in [0.05, 0.1) is 12.7 Å². The molecule has 1 aromatic rings. The molecule has 1 aliphatic heterocycles. The normalized spacial score (nSPS) is 23.0. The number of benzene rings is 1. The zero-order valence-corrected chi connectivity index (χ0v) is 12.0. The van der Waals surface area contributed by atoms with Gasteiger partial charge in [-0.1, -0.05) is 15.9 Å². The molecule has 0 bridgehead atoms. The lowest BCUT2D eigenvalue weighted by atomic mass is 10.0. The molecule has 2 atom stereocenters. The molecule has 1 aromatic carbocycles. The van der Waals surface area contributed by atoms with Crippen LogP contribution in [-0.2, 0) is 11.2 Å². The van der Waals surface area contributed by atoms with Crippen molar-refractivity contribution in [1.29, 1.82) is 0 Å². The molecule has 1 heterocycles. The minimum absolute atomic E-state index is 0.0193. The van der Waals surface area contributed by atoms with Crippen LogP contribution in [0.25, 0.3) is 0 Å². The highest BCUT2D eigenvalue weighted by molar-refractivity contribution is 9.10. The van der Waals surface area contributed by atoms with Crippen molar-refractivity contribution < 1.29 is 9.13 Å². The molecule has 5 heteroatoms. The summed E-state index contributed by atoms with van der Waals surface area (Å²) in [6.07, 6.45) is 0.639. The third kappa shape index (κ3) is 3.75. The van der Waals surface area contributed by atoms with E-state index in [1.165, 1.54) is 12.1 Å². The Morgan fingerprint density at radius 3 is 3.00 bits per heavy atom. The van der Waals surface area contributed by atoms with Crippen LogP contribution in [0.15, 0.2) is 22.7 Å². The lowest BCUT2D eigenvalue weighted by Crippen LogP contribution is -2.50. The van der Waals surface area contributed by atoms with Gasteiger partial charge in [-0.05, 0) is 37.2 Å². The van der Waals surface area contributed by atoms with Crippen LogP contribution >= 0.6 is 15.9 Å². The first-order chi connectivity index (χ1) is 8.54. The largest absolute Gasteiger partial charge is 0.374 e. The second kappa shape index (κ2) is 6.10. The van der Waals surface area contributed by atoms with E-state index in [1.54, 1.807) is 0 Å². The first-order valence-corrected chi connectivity index (χ1v) is 6.84. The summed E-state index contributed by atoms with van der Waals surface area (Å²) in [5.74, 6) is -0.242. The predicted octanol–water partition coefficient (Wildman–Crippen LogP) is 1.79. The summed E-state index contributed by atoms with van der Waals surface area (Å²) in [6, 6.07) is 4.76. The van der Waals surface area contributed by atoms with Crippen molar-refractivity contribution in [2.75, 3.05) is 26.7 Å². The molecule has 0 amide bonds. The first-order valence-electron chi connectivity index (χ1n) is 6.05. The molecule has 2 rings (SSSR count). The minimum atomic E-state index is -0.242. The van der Waals surface area contributed by atoms with E-state index in [9.17, 15) is 4.39 Å². The predicted molar refractivity (Wildman–Crippen MR) is 73.0 cm³/mol. The van der Waals surface area contributed by atoms with Gasteiger partial charge in [0.1, 0.15) is 5.82 Å². The van der Waals surface area contributed by atoms with Crippen molar-refractivity contribution in [3.63, 3.8) is 0 Å². The Labute approximate surface area is 115 Å². The van der Waals surface area contributed by atoms with Gasteiger partial charge in [0, 0.05) is 23.6 Å². The highest BCUT2D eigenvalue weighted by atomic mass is 79.9. The van der Waals surface area contributed by atoms with Crippen LogP contribution in [0.5, 0.6) is 0 Å². The Balaban J connectivity index is 1.99. The Morgan fingerprint density at radius 1 is 1.56 bits per heavy atom. The van der Waals surface area contributed by atoms with E-state index in [0.717, 1.165) is 23.1 Å². The summed E-state index contributed by atoms with van der Waals surface area (Å²) in [5.41, 5.74) is 7.05. The molecule has 0 aromatic heterocycles. The molecule has 18 heavy (non-hydrogen) atoms. The highest BCUT2D eigenvalue weighted by Crippen LogP contribution is 2.17. The lowest BCUT2D eigenvalue weighted by molar-refractivity contribution is -0.0319. The SMILES string of the molecule is CN1CCOC(C(N)Cc2cc(F)cc(Br)c2)C1. The number of nitrogens with two attached hydrogens (primary N) is 1. The number of ether oxygens (including phenoxy) is 1. The van der Waals surface area contributed by atoms with Gasteiger partial charge < -0.3 is 15.4 Å². The number of halogens is 2. The van der Waals surface area contributed by atoms with E-state index < -0.39 is 0 Å². The number of hydrogen-bond donors (Lipinski definition) is 1. The van der Waals surface area contributed by atoms with Gasteiger partial charge >= 0.3 is 0 Å². The van der Waals surface area contributed by atoms with Crippen molar-refractivity contribution in [3.05, 3.63) is 34.1 Å². The van der Waals surface area contributed by atoms with Crippen LogP contribution in [-0.4, -0.2) is 43.8 Å². The van der Waals surface area contributed by atoms with E-state index >= 15 is 0 Å². The van der Waals surface area contributed by atoms with Gasteiger partial charge in [-0.15, -0.1) is 0 Å². The van der Waals surface area contributed by atoms with Gasteiger partial charge in [0.2, 0.25) is 0 Å². The van der Waals surface area contributed by atoms with Crippen LogP contribution in [0, 0.1) is 5.82 Å². The number of likely N-dealkylation sites (N-methyl/N-ethyl adjacent to an activating group) is 1. The zero-order valence-electron chi connectivity index (χ0n) is 10.4. The molecule has 2 unspecified atom stereocenters. The molecule has 100 valence electrons. The number of morpholine rings is 1. The van der Waals surface area contributed by atoms with Gasteiger partial charge in [-0.25, -0.2) is 4.39 Å². The fraction of sp³-hybridized carbons (Fsp3) is 0.538. The van der Waals surface area contributed by atoms with Crippen molar-refractivity contribution in [2.24, 2.45) is 5.73 Å². The fourth-order valence-corrected chi connectivity index (χ4v) is 2.72. The van der Waals surface area contributed by atoms with E-state index in [0.29, 0.717) is 13.0 Å². The second-order valence-electron chi connectivity index (χ2n) is 4.82. The summed E-state index contributed by atoms with van der Waals surface area (Å²) in [5, 5.41) is 0. The molecular formula is C13H18BrFN2O. The Morgan fingerprint density at radius 2 is 2.33 bits per heavy atom. The van der Waals surface area contributed by atoms with Crippen molar-refractivity contribution >= 4 is 15.9 Å². The lowest BCUT2D eigenvalue weighted by Gasteiger charge is -2.33. The summed E-state index contributed by atoms with van der Waals surface area (Å²) in [7, 11) is 2.06. The number of rotatable bonds is 3. The van der Waals surface area contributed by atoms with Crippen LogP contribution in [0.3, 0.4) is 0 Å². The molecule has 0 radical (unpaired) electrons. The van der Waals surface area contributed by atoms with Gasteiger partial charge in [-0.3, -0.25) is 0 Å². The third-order valence-electron chi connectivity index (χ3n) is 3.17. The molecule has 0 saturated carbocycles. The molecule has 0 aliphatic carbocycles. The van der Waals surface area contributed by atoms with Crippen LogP contribution < -0.4 is 5.73 Å². The zero-order chi connectivity index (χ0) is 13.1. The van der Waals surface area contributed by atoms with E-state index in [4.69, 9.17) is 10.5 Å². The van der Waals surface area contributed by atoms with Gasteiger partial charge in [0.15, 0.2) is 0 Å². The monoisotopic (exact) mass is 316 g/mol. The first kappa shape index (κ1) is 13.9. The smallest absolute Gasteiger partial charge is 0.124 e. The van der Waals surface area contributed by atoms with E-state index in [-0.39, 0.29) is 18.0 Å². The fourth-order valence-electron chi connectivity index (χ4n) is 2.20. The second-order valence-corrected chi connectivity index (χ2v) is 5.73. The Kier molecular flexibility index (Phi) is 4.72. The standard InChI is InChI=1S/C13H18BrFN2O/c1-17-2-3-18-13(8-17)12(16)6-9-4-10(14)7-11(15)5-9/h4-5,7,12-13H,2-3,6,8,16H2,1H3. The highest BCUT2D eigenvalue weighted by Gasteiger charge is 2.24. The van der Waals surface area contributed by atoms with Crippen molar-refractivity contribution in [2.45, 2.75) is 18.6 Å². The summed E-state index contributed by atoms with van der Waals surface area (Å²) in [6.45, 7) is 2.48. The third-order valence-corrected chi connectivity index (χ3v) is 3.63. The van der Waals surface area contributed by atoms with Crippen LogP contribution in [0.4, 0.5) is 4.39 Å². The number of hydrogen-bond acceptors (Lipinski definition) is 3. The summed E-state index contributed by atoms with van der Waals surface area (Å²) >= 11 is 3.29. The minimum Gasteiger partial charge on any atom is -0.374 e. The summed E-state index contributed by atoms with van der Waals surface area (Å²) < 4.78 is 19.7. The maximum Gasteiger partial charge on any atom is 0.124 e. The summed E-state index contributed by atoms with van der Waals surface area (Å²) in [4.78, 5) is 2.20. The van der Waals surface area contributed by atoms with E-state index in [2.05, 4.69) is 27.9 Å². The molecule has 1 fully saturated rings. The molecule has 2 N–H and O–H groups in total. The quantitative estimate of drug-likeness (QED) is 0.924. The average molecular weight is 317 g/mol. The van der Waals surface area contributed by atoms with Crippen LogP contribution in [0.2, 0.25) is 0 Å². The number of nitrogens with zero attached hydrogens (tertiary/aromatic N) is 1. The Bertz CT molecular complexity index is 396. The van der Waals surface area contributed by atoms with E-state index in [1.807, 2.05) is 6.07 Å². The molecule has 1 aliphatic rings.